The van der Waals surface area contributed by atoms with Gasteiger partial charge in [0.05, 0.1) is 25.5 Å². The van der Waals surface area contributed by atoms with Crippen LogP contribution >= 0.6 is 11.8 Å². The van der Waals surface area contributed by atoms with Crippen LogP contribution in [0.25, 0.3) is 0 Å². The van der Waals surface area contributed by atoms with E-state index in [1.54, 1.807) is 37.4 Å². The molecular weight excluding hydrogens is 312 g/mol. The molecule has 0 atom stereocenters. The number of carbonyl (C=O) groups excluding carboxylic acids is 1. The fraction of sp³-hybridized carbons (Fsp3) is 0.235. The van der Waals surface area contributed by atoms with Crippen molar-refractivity contribution in [3.05, 3.63) is 47.2 Å². The van der Waals surface area contributed by atoms with Gasteiger partial charge in [0.1, 0.15) is 11.1 Å². The van der Waals surface area contributed by atoms with Crippen molar-refractivity contribution in [2.24, 2.45) is 0 Å². The van der Waals surface area contributed by atoms with Gasteiger partial charge in [-0.3, -0.25) is 4.79 Å². The first-order valence-corrected chi connectivity index (χ1v) is 7.83. The zero-order chi connectivity index (χ0) is 16.8. The van der Waals surface area contributed by atoms with Crippen molar-refractivity contribution in [2.45, 2.75) is 11.9 Å². The van der Waals surface area contributed by atoms with Crippen molar-refractivity contribution in [3.63, 3.8) is 0 Å². The second-order valence-corrected chi connectivity index (χ2v) is 5.66. The molecule has 0 unspecified atom stereocenters. The minimum atomic E-state index is -0.0665. The van der Waals surface area contributed by atoms with E-state index in [4.69, 9.17) is 14.7 Å². The second-order valence-electron chi connectivity index (χ2n) is 4.70. The standard InChI is InChI=1S/C17H16N2O3S/c1-11-4-5-13(9-18)17(19-11)23-10-14(20)12-6-7-15(21-2)16(8-12)22-3/h4-8H,10H2,1-3H3. The smallest absolute Gasteiger partial charge is 0.173 e. The fourth-order valence-electron chi connectivity index (χ4n) is 1.95. The SMILES string of the molecule is COc1ccc(C(=O)CSc2nc(C)ccc2C#N)cc1OC. The highest BCUT2D eigenvalue weighted by Gasteiger charge is 2.13. The summed E-state index contributed by atoms with van der Waals surface area (Å²) in [7, 11) is 3.07. The largest absolute Gasteiger partial charge is 0.493 e. The maximum absolute atomic E-state index is 12.3. The van der Waals surface area contributed by atoms with Gasteiger partial charge in [0.2, 0.25) is 0 Å². The summed E-state index contributed by atoms with van der Waals surface area (Å²) in [5, 5.41) is 9.67. The number of nitriles is 1. The second kappa shape index (κ2) is 7.65. The van der Waals surface area contributed by atoms with Gasteiger partial charge >= 0.3 is 0 Å². The van der Waals surface area contributed by atoms with Gasteiger partial charge in [0, 0.05) is 11.3 Å². The Morgan fingerprint density at radius 1 is 1.22 bits per heavy atom. The van der Waals surface area contributed by atoms with E-state index in [1.807, 2.05) is 6.92 Å². The van der Waals surface area contributed by atoms with Gasteiger partial charge in [0.15, 0.2) is 17.3 Å². The third-order valence-corrected chi connectivity index (χ3v) is 4.16. The molecule has 0 aliphatic rings. The quantitative estimate of drug-likeness (QED) is 0.599. The highest BCUT2D eigenvalue weighted by Crippen LogP contribution is 2.29. The molecule has 0 bridgehead atoms. The van der Waals surface area contributed by atoms with Crippen LogP contribution in [-0.4, -0.2) is 30.7 Å². The van der Waals surface area contributed by atoms with Crippen LogP contribution in [0.2, 0.25) is 0 Å². The van der Waals surface area contributed by atoms with E-state index in [0.29, 0.717) is 27.7 Å². The molecule has 0 saturated heterocycles. The number of ketones is 1. The van der Waals surface area contributed by atoms with Crippen LogP contribution in [0.4, 0.5) is 0 Å². The number of benzene rings is 1. The van der Waals surface area contributed by atoms with Gasteiger partial charge in [-0.1, -0.05) is 11.8 Å². The van der Waals surface area contributed by atoms with Gasteiger partial charge < -0.3 is 9.47 Å². The number of hydrogen-bond acceptors (Lipinski definition) is 6. The minimum absolute atomic E-state index is 0.0665. The molecule has 0 spiro atoms. The van der Waals surface area contributed by atoms with E-state index in [0.717, 1.165) is 5.69 Å². The molecular formula is C17H16N2O3S. The van der Waals surface area contributed by atoms with Gasteiger partial charge in [-0.2, -0.15) is 5.26 Å². The third kappa shape index (κ3) is 4.02. The Balaban J connectivity index is 2.14. The molecule has 2 rings (SSSR count). The number of hydrogen-bond donors (Lipinski definition) is 0. The molecule has 0 aliphatic carbocycles. The molecule has 1 aromatic carbocycles. The summed E-state index contributed by atoms with van der Waals surface area (Å²) in [6.45, 7) is 1.85. The van der Waals surface area contributed by atoms with Crippen LogP contribution in [0.5, 0.6) is 11.5 Å². The number of Topliss-reactive ketones (excluding diaryl/α,β-unsaturated/α-hetero) is 1. The van der Waals surface area contributed by atoms with Crippen LogP contribution in [-0.2, 0) is 0 Å². The maximum atomic E-state index is 12.3. The first kappa shape index (κ1) is 16.8. The minimum Gasteiger partial charge on any atom is -0.493 e. The molecule has 0 amide bonds. The molecule has 118 valence electrons. The van der Waals surface area contributed by atoms with E-state index in [1.165, 1.54) is 18.9 Å². The van der Waals surface area contributed by atoms with E-state index in [2.05, 4.69) is 11.1 Å². The van der Waals surface area contributed by atoms with Crippen LogP contribution in [0, 0.1) is 18.3 Å². The van der Waals surface area contributed by atoms with E-state index < -0.39 is 0 Å². The zero-order valence-electron chi connectivity index (χ0n) is 13.1. The number of methoxy groups -OCH3 is 2. The lowest BCUT2D eigenvalue weighted by Crippen LogP contribution is -2.04. The highest BCUT2D eigenvalue weighted by molar-refractivity contribution is 8.00. The summed E-state index contributed by atoms with van der Waals surface area (Å²) < 4.78 is 10.4. The molecule has 5 nitrogen and oxygen atoms in total. The van der Waals surface area contributed by atoms with Crippen molar-refractivity contribution in [1.82, 2.24) is 4.98 Å². The molecule has 2 aromatic rings. The summed E-state index contributed by atoms with van der Waals surface area (Å²) >= 11 is 1.26. The Morgan fingerprint density at radius 3 is 2.61 bits per heavy atom. The zero-order valence-corrected chi connectivity index (χ0v) is 13.9. The fourth-order valence-corrected chi connectivity index (χ4v) is 2.87. The molecule has 0 aliphatic heterocycles. The van der Waals surface area contributed by atoms with E-state index in [9.17, 15) is 4.79 Å². The Bertz CT molecular complexity index is 769. The lowest BCUT2D eigenvalue weighted by molar-refractivity contribution is 0.102. The molecule has 1 heterocycles. The van der Waals surface area contributed by atoms with Crippen LogP contribution in [0.3, 0.4) is 0 Å². The number of pyridine rings is 1. The number of thioether (sulfide) groups is 1. The third-order valence-electron chi connectivity index (χ3n) is 3.17. The maximum Gasteiger partial charge on any atom is 0.173 e. The number of aryl methyl sites for hydroxylation is 1. The first-order valence-electron chi connectivity index (χ1n) is 6.84. The monoisotopic (exact) mass is 328 g/mol. The number of nitrogens with zero attached hydrogens (tertiary/aromatic N) is 2. The van der Waals surface area contributed by atoms with Crippen LogP contribution < -0.4 is 9.47 Å². The number of ether oxygens (including phenoxy) is 2. The average molecular weight is 328 g/mol. The van der Waals surface area contributed by atoms with Crippen molar-refractivity contribution in [3.8, 4) is 17.6 Å². The molecule has 0 N–H and O–H groups in total. The summed E-state index contributed by atoms with van der Waals surface area (Å²) in [6, 6.07) is 10.6. The summed E-state index contributed by atoms with van der Waals surface area (Å²) in [6.07, 6.45) is 0. The highest BCUT2D eigenvalue weighted by atomic mass is 32.2. The summed E-state index contributed by atoms with van der Waals surface area (Å²) in [4.78, 5) is 16.7. The van der Waals surface area contributed by atoms with E-state index in [-0.39, 0.29) is 11.5 Å². The topological polar surface area (TPSA) is 72.2 Å². The van der Waals surface area contributed by atoms with Crippen LogP contribution in [0.1, 0.15) is 21.6 Å². The summed E-state index contributed by atoms with van der Waals surface area (Å²) in [5.74, 6) is 1.21. The Kier molecular flexibility index (Phi) is 5.61. The molecule has 23 heavy (non-hydrogen) atoms. The van der Waals surface area contributed by atoms with Crippen molar-refractivity contribution in [1.29, 1.82) is 5.26 Å². The van der Waals surface area contributed by atoms with Gasteiger partial charge in [-0.15, -0.1) is 0 Å². The summed E-state index contributed by atoms with van der Waals surface area (Å²) in [5.41, 5.74) is 1.81. The van der Waals surface area contributed by atoms with Gasteiger partial charge in [0.25, 0.3) is 0 Å². The predicted octanol–water partition coefficient (Wildman–Crippen LogP) is 3.25. The normalized spacial score (nSPS) is 10.0. The van der Waals surface area contributed by atoms with Crippen molar-refractivity contribution in [2.75, 3.05) is 20.0 Å². The number of aromatic nitrogens is 1. The molecule has 0 radical (unpaired) electrons. The molecule has 0 saturated carbocycles. The predicted molar refractivity (Wildman–Crippen MR) is 88.3 cm³/mol. The molecule has 1 aromatic heterocycles. The molecule has 6 heteroatoms. The number of rotatable bonds is 6. The van der Waals surface area contributed by atoms with Gasteiger partial charge in [-0.05, 0) is 37.3 Å². The Morgan fingerprint density at radius 2 is 1.96 bits per heavy atom. The lowest BCUT2D eigenvalue weighted by Gasteiger charge is -2.09. The van der Waals surface area contributed by atoms with Gasteiger partial charge in [-0.25, -0.2) is 4.98 Å². The number of carbonyl (C=O) groups is 1. The molecule has 0 fully saturated rings. The van der Waals surface area contributed by atoms with Crippen molar-refractivity contribution < 1.29 is 14.3 Å². The average Bonchev–Trinajstić information content (AvgIpc) is 2.59. The van der Waals surface area contributed by atoms with Crippen LogP contribution in [0.15, 0.2) is 35.4 Å². The lowest BCUT2D eigenvalue weighted by atomic mass is 10.1. The first-order chi connectivity index (χ1) is 11.1. The van der Waals surface area contributed by atoms with E-state index >= 15 is 0 Å². The Labute approximate surface area is 139 Å². The van der Waals surface area contributed by atoms with Crippen molar-refractivity contribution >= 4 is 17.5 Å². The Hall–Kier alpha value is -2.52.